The van der Waals surface area contributed by atoms with Gasteiger partial charge in [0.05, 0.1) is 21.7 Å². The minimum Gasteiger partial charge on any atom is -0.378 e. The van der Waals surface area contributed by atoms with Crippen molar-refractivity contribution in [2.45, 2.75) is 13.5 Å². The first-order valence-electron chi connectivity index (χ1n) is 5.81. The van der Waals surface area contributed by atoms with Crippen molar-refractivity contribution >= 4 is 60.6 Å². The van der Waals surface area contributed by atoms with Crippen molar-refractivity contribution in [3.05, 3.63) is 25.0 Å². The van der Waals surface area contributed by atoms with E-state index in [1.807, 2.05) is 13.0 Å². The van der Waals surface area contributed by atoms with Gasteiger partial charge in [-0.3, -0.25) is 0 Å². The number of thiophene rings is 1. The van der Waals surface area contributed by atoms with Crippen molar-refractivity contribution in [3.8, 4) is 10.7 Å². The molecule has 0 bridgehead atoms. The van der Waals surface area contributed by atoms with Crippen molar-refractivity contribution < 1.29 is 4.74 Å². The Hall–Kier alpha value is -0.210. The van der Waals surface area contributed by atoms with Gasteiger partial charge in [0.15, 0.2) is 5.82 Å². The van der Waals surface area contributed by atoms with Gasteiger partial charge in [-0.05, 0) is 44.8 Å². The summed E-state index contributed by atoms with van der Waals surface area (Å²) in [5.74, 6) is 1.39. The summed E-state index contributed by atoms with van der Waals surface area (Å²) in [6.45, 7) is 3.20. The van der Waals surface area contributed by atoms with Crippen LogP contribution in [0, 0.1) is 0 Å². The quantitative estimate of drug-likeness (QED) is 0.712. The lowest BCUT2D eigenvalue weighted by atomic mass is 10.3. The number of methoxy groups -OCH3 is 1. The molecule has 0 aliphatic heterocycles. The number of aromatic nitrogens is 2. The van der Waals surface area contributed by atoms with Gasteiger partial charge in [-0.15, -0.1) is 11.3 Å². The smallest absolute Gasteiger partial charge is 0.172 e. The summed E-state index contributed by atoms with van der Waals surface area (Å²) >= 11 is 14.4. The summed E-state index contributed by atoms with van der Waals surface area (Å²) in [5.41, 5.74) is 0.800. The van der Waals surface area contributed by atoms with Crippen LogP contribution in [-0.4, -0.2) is 23.6 Å². The summed E-state index contributed by atoms with van der Waals surface area (Å²) in [6, 6.07) is 1.92. The predicted molar refractivity (Wildman–Crippen MR) is 90.6 cm³/mol. The highest BCUT2D eigenvalue weighted by Crippen LogP contribution is 2.38. The normalized spacial score (nSPS) is 10.8. The molecular weight excluding hydrogens is 429 g/mol. The van der Waals surface area contributed by atoms with Crippen molar-refractivity contribution in [2.75, 3.05) is 19.0 Å². The van der Waals surface area contributed by atoms with Gasteiger partial charge in [-0.25, -0.2) is 9.97 Å². The van der Waals surface area contributed by atoms with Gasteiger partial charge in [0, 0.05) is 18.1 Å². The van der Waals surface area contributed by atoms with E-state index < -0.39 is 0 Å². The maximum Gasteiger partial charge on any atom is 0.172 e. The lowest BCUT2D eigenvalue weighted by Gasteiger charge is -2.11. The number of anilines is 1. The highest BCUT2D eigenvalue weighted by Gasteiger charge is 2.15. The van der Waals surface area contributed by atoms with Crippen LogP contribution in [0.4, 0.5) is 5.82 Å². The molecule has 1 N–H and O–H groups in total. The van der Waals surface area contributed by atoms with Crippen molar-refractivity contribution in [1.82, 2.24) is 9.97 Å². The summed E-state index contributed by atoms with van der Waals surface area (Å²) in [7, 11) is 1.64. The van der Waals surface area contributed by atoms with E-state index in [2.05, 4.69) is 47.1 Å². The lowest BCUT2D eigenvalue weighted by Crippen LogP contribution is -2.06. The van der Waals surface area contributed by atoms with Crippen LogP contribution in [0.5, 0.6) is 0 Å². The van der Waals surface area contributed by atoms with Crippen LogP contribution < -0.4 is 5.32 Å². The molecule has 0 fully saturated rings. The van der Waals surface area contributed by atoms with Gasteiger partial charge >= 0.3 is 0 Å². The van der Waals surface area contributed by atoms with Gasteiger partial charge in [0.2, 0.25) is 0 Å². The second kappa shape index (κ2) is 7.17. The van der Waals surface area contributed by atoms with Crippen LogP contribution in [0.2, 0.25) is 4.34 Å². The maximum absolute atomic E-state index is 6.08. The van der Waals surface area contributed by atoms with Gasteiger partial charge < -0.3 is 10.1 Å². The van der Waals surface area contributed by atoms with Crippen molar-refractivity contribution in [3.63, 3.8) is 0 Å². The first-order valence-corrected chi connectivity index (χ1v) is 8.59. The molecule has 0 aliphatic rings. The van der Waals surface area contributed by atoms with E-state index in [0.29, 0.717) is 16.8 Å². The topological polar surface area (TPSA) is 47.0 Å². The number of ether oxygens (including phenoxy) is 1. The molecule has 0 unspecified atom stereocenters. The molecule has 0 saturated carbocycles. The third kappa shape index (κ3) is 3.51. The Morgan fingerprint density at radius 3 is 2.70 bits per heavy atom. The lowest BCUT2D eigenvalue weighted by molar-refractivity contribution is 0.181. The Labute approximate surface area is 143 Å². The number of nitrogens with zero attached hydrogens (tertiary/aromatic N) is 2. The van der Waals surface area contributed by atoms with E-state index in [-0.39, 0.29) is 0 Å². The van der Waals surface area contributed by atoms with Gasteiger partial charge in [0.1, 0.15) is 10.2 Å². The van der Waals surface area contributed by atoms with Crippen molar-refractivity contribution in [1.29, 1.82) is 0 Å². The molecule has 8 heteroatoms. The fourth-order valence-corrected chi connectivity index (χ4v) is 3.65. The molecular formula is C12H12Br2ClN3OS. The second-order valence-electron chi connectivity index (χ2n) is 3.85. The Kier molecular flexibility index (Phi) is 5.80. The molecule has 0 aromatic carbocycles. The van der Waals surface area contributed by atoms with Crippen LogP contribution in [0.1, 0.15) is 12.6 Å². The highest BCUT2D eigenvalue weighted by atomic mass is 79.9. The Balaban J connectivity index is 2.52. The minimum atomic E-state index is 0.411. The molecule has 0 amide bonds. The zero-order valence-corrected chi connectivity index (χ0v) is 15.6. The largest absolute Gasteiger partial charge is 0.378 e. The van der Waals surface area contributed by atoms with Crippen molar-refractivity contribution in [2.24, 2.45) is 0 Å². The molecule has 2 rings (SSSR count). The number of rotatable bonds is 5. The number of hydrogen-bond acceptors (Lipinski definition) is 5. The standard InChI is InChI=1S/C12H12Br2ClN3OS/c1-3-16-12-9(14)7(5-19-2)17-11(18-12)8-4-6(13)10(15)20-8/h4H,3,5H2,1-2H3,(H,16,17,18). The van der Waals surface area contributed by atoms with Gasteiger partial charge in [-0.1, -0.05) is 11.6 Å². The highest BCUT2D eigenvalue weighted by molar-refractivity contribution is 9.11. The Morgan fingerprint density at radius 1 is 1.40 bits per heavy atom. The summed E-state index contributed by atoms with van der Waals surface area (Å²) < 4.78 is 7.54. The fraction of sp³-hybridized carbons (Fsp3) is 0.333. The Morgan fingerprint density at radius 2 is 2.15 bits per heavy atom. The molecule has 4 nitrogen and oxygen atoms in total. The van der Waals surface area contributed by atoms with Gasteiger partial charge in [0.25, 0.3) is 0 Å². The fourth-order valence-electron chi connectivity index (χ4n) is 1.58. The first-order chi connectivity index (χ1) is 9.56. The average molecular weight is 442 g/mol. The van der Waals surface area contributed by atoms with E-state index in [1.54, 1.807) is 7.11 Å². The third-order valence-corrected chi connectivity index (χ3v) is 5.71. The first kappa shape index (κ1) is 16.2. The molecule has 2 aromatic rings. The molecule has 0 saturated heterocycles. The molecule has 0 spiro atoms. The monoisotopic (exact) mass is 439 g/mol. The van der Waals surface area contributed by atoms with E-state index in [9.17, 15) is 0 Å². The molecule has 108 valence electrons. The molecule has 0 aliphatic carbocycles. The summed E-state index contributed by atoms with van der Waals surface area (Å²) in [6.07, 6.45) is 0. The van der Waals surface area contributed by atoms with E-state index in [0.717, 1.165) is 31.9 Å². The third-order valence-electron chi connectivity index (χ3n) is 2.41. The SMILES string of the molecule is CCNc1nc(-c2cc(Br)c(Cl)s2)nc(COC)c1Br. The Bertz CT molecular complexity index is 574. The number of hydrogen-bond donors (Lipinski definition) is 1. The number of nitrogens with one attached hydrogen (secondary N) is 1. The number of halogens is 3. The van der Waals surface area contributed by atoms with E-state index in [4.69, 9.17) is 16.3 Å². The minimum absolute atomic E-state index is 0.411. The summed E-state index contributed by atoms with van der Waals surface area (Å²) in [5, 5.41) is 3.21. The van der Waals surface area contributed by atoms with Crippen LogP contribution in [0.15, 0.2) is 15.0 Å². The van der Waals surface area contributed by atoms with Crippen LogP contribution >= 0.6 is 54.8 Å². The second-order valence-corrected chi connectivity index (χ2v) is 7.15. The zero-order chi connectivity index (χ0) is 14.7. The van der Waals surface area contributed by atoms with Crippen LogP contribution in [0.3, 0.4) is 0 Å². The average Bonchev–Trinajstić information content (AvgIpc) is 2.75. The van der Waals surface area contributed by atoms with E-state index >= 15 is 0 Å². The summed E-state index contributed by atoms with van der Waals surface area (Å²) in [4.78, 5) is 9.98. The van der Waals surface area contributed by atoms with Gasteiger partial charge in [-0.2, -0.15) is 0 Å². The van der Waals surface area contributed by atoms with Crippen LogP contribution in [-0.2, 0) is 11.3 Å². The van der Waals surface area contributed by atoms with E-state index in [1.165, 1.54) is 11.3 Å². The molecule has 2 heterocycles. The molecule has 0 radical (unpaired) electrons. The molecule has 20 heavy (non-hydrogen) atoms. The zero-order valence-electron chi connectivity index (χ0n) is 10.8. The molecule has 2 aromatic heterocycles. The molecule has 0 atom stereocenters. The van der Waals surface area contributed by atoms with Crippen LogP contribution in [0.25, 0.3) is 10.7 Å². The predicted octanol–water partition coefficient (Wildman–Crippen LogP) is 4.96. The maximum atomic E-state index is 6.08.